The average molecular weight is 261 g/mol. The van der Waals surface area contributed by atoms with Gasteiger partial charge < -0.3 is 15.1 Å². The van der Waals surface area contributed by atoms with Gasteiger partial charge in [-0.05, 0) is 56.4 Å². The molecule has 4 heteroatoms. The molecule has 0 radical (unpaired) electrons. The SMILES string of the molecule is Cc1cc(C(=O)O)ccc1N1C2CCC1CC(O)C2. The topological polar surface area (TPSA) is 60.8 Å². The van der Waals surface area contributed by atoms with Gasteiger partial charge in [-0.25, -0.2) is 4.79 Å². The van der Waals surface area contributed by atoms with E-state index in [2.05, 4.69) is 4.90 Å². The van der Waals surface area contributed by atoms with Gasteiger partial charge >= 0.3 is 5.97 Å². The molecule has 3 rings (SSSR count). The quantitative estimate of drug-likeness (QED) is 0.856. The monoisotopic (exact) mass is 261 g/mol. The summed E-state index contributed by atoms with van der Waals surface area (Å²) in [4.78, 5) is 13.4. The van der Waals surface area contributed by atoms with Gasteiger partial charge in [-0.3, -0.25) is 0 Å². The van der Waals surface area contributed by atoms with Crippen LogP contribution >= 0.6 is 0 Å². The molecule has 1 aromatic carbocycles. The van der Waals surface area contributed by atoms with E-state index in [1.807, 2.05) is 13.0 Å². The van der Waals surface area contributed by atoms with Gasteiger partial charge in [-0.2, -0.15) is 0 Å². The number of rotatable bonds is 2. The Labute approximate surface area is 112 Å². The minimum Gasteiger partial charge on any atom is -0.478 e. The molecule has 2 fully saturated rings. The van der Waals surface area contributed by atoms with E-state index >= 15 is 0 Å². The fourth-order valence-electron chi connectivity index (χ4n) is 3.62. The Morgan fingerprint density at radius 1 is 1.26 bits per heavy atom. The number of aliphatic hydroxyl groups is 1. The summed E-state index contributed by atoms with van der Waals surface area (Å²) >= 11 is 0. The Bertz CT molecular complexity index is 500. The highest BCUT2D eigenvalue weighted by Crippen LogP contribution is 2.40. The van der Waals surface area contributed by atoms with Crippen LogP contribution in [0.1, 0.15) is 41.6 Å². The van der Waals surface area contributed by atoms with E-state index in [0.717, 1.165) is 36.9 Å². The van der Waals surface area contributed by atoms with Crippen LogP contribution in [0.25, 0.3) is 0 Å². The molecule has 0 spiro atoms. The number of aromatic carboxylic acids is 1. The fourth-order valence-corrected chi connectivity index (χ4v) is 3.62. The van der Waals surface area contributed by atoms with Crippen molar-refractivity contribution in [3.63, 3.8) is 0 Å². The number of carboxylic acids is 1. The lowest BCUT2D eigenvalue weighted by Gasteiger charge is -2.39. The van der Waals surface area contributed by atoms with Crippen LogP contribution in [-0.2, 0) is 0 Å². The second-order valence-electron chi connectivity index (χ2n) is 5.72. The smallest absolute Gasteiger partial charge is 0.335 e. The highest BCUT2D eigenvalue weighted by Gasteiger charge is 2.40. The minimum atomic E-state index is -0.883. The lowest BCUT2D eigenvalue weighted by Crippen LogP contribution is -2.45. The fraction of sp³-hybridized carbons (Fsp3) is 0.533. The molecule has 0 amide bonds. The predicted molar refractivity (Wildman–Crippen MR) is 72.7 cm³/mol. The summed E-state index contributed by atoms with van der Waals surface area (Å²) in [6.45, 7) is 1.96. The van der Waals surface area contributed by atoms with Crippen molar-refractivity contribution in [1.82, 2.24) is 0 Å². The molecule has 0 aliphatic carbocycles. The molecule has 2 atom stereocenters. The summed E-state index contributed by atoms with van der Waals surface area (Å²) in [5.74, 6) is -0.883. The van der Waals surface area contributed by atoms with Crippen molar-refractivity contribution in [2.45, 2.75) is 50.8 Å². The molecule has 2 unspecified atom stereocenters. The molecule has 2 bridgehead atoms. The number of carbonyl (C=O) groups is 1. The third-order valence-electron chi connectivity index (χ3n) is 4.43. The maximum absolute atomic E-state index is 11.0. The summed E-state index contributed by atoms with van der Waals surface area (Å²) in [6, 6.07) is 6.14. The molecule has 0 aromatic heterocycles. The van der Waals surface area contributed by atoms with Gasteiger partial charge in [0.15, 0.2) is 0 Å². The Morgan fingerprint density at radius 3 is 2.42 bits per heavy atom. The van der Waals surface area contributed by atoms with Gasteiger partial charge in [0.2, 0.25) is 0 Å². The van der Waals surface area contributed by atoms with E-state index in [0.29, 0.717) is 17.6 Å². The highest BCUT2D eigenvalue weighted by molar-refractivity contribution is 5.88. The normalized spacial score (nSPS) is 29.6. The first-order valence-electron chi connectivity index (χ1n) is 6.86. The molecular formula is C15H19NO3. The first-order valence-corrected chi connectivity index (χ1v) is 6.86. The van der Waals surface area contributed by atoms with E-state index in [1.165, 1.54) is 0 Å². The molecule has 2 aliphatic rings. The van der Waals surface area contributed by atoms with Gasteiger partial charge in [0, 0.05) is 17.8 Å². The molecule has 2 saturated heterocycles. The zero-order valence-electron chi connectivity index (χ0n) is 11.0. The minimum absolute atomic E-state index is 0.174. The van der Waals surface area contributed by atoms with Crippen molar-refractivity contribution in [3.05, 3.63) is 29.3 Å². The first kappa shape index (κ1) is 12.5. The van der Waals surface area contributed by atoms with E-state index in [4.69, 9.17) is 5.11 Å². The van der Waals surface area contributed by atoms with E-state index in [1.54, 1.807) is 12.1 Å². The van der Waals surface area contributed by atoms with Gasteiger partial charge in [0.1, 0.15) is 0 Å². The van der Waals surface area contributed by atoms with E-state index in [9.17, 15) is 9.90 Å². The van der Waals surface area contributed by atoms with Crippen LogP contribution in [0.15, 0.2) is 18.2 Å². The van der Waals surface area contributed by atoms with Crippen LogP contribution in [0.3, 0.4) is 0 Å². The highest BCUT2D eigenvalue weighted by atomic mass is 16.4. The number of nitrogens with zero attached hydrogens (tertiary/aromatic N) is 1. The zero-order valence-corrected chi connectivity index (χ0v) is 11.0. The Balaban J connectivity index is 1.93. The Hall–Kier alpha value is -1.55. The standard InChI is InChI=1S/C15H19NO3/c1-9-6-10(15(18)19)2-5-14(9)16-11-3-4-12(16)8-13(17)7-11/h2,5-6,11-13,17H,3-4,7-8H2,1H3,(H,18,19). The number of fused-ring (bicyclic) bond motifs is 2. The maximum Gasteiger partial charge on any atom is 0.335 e. The van der Waals surface area contributed by atoms with Crippen molar-refractivity contribution in [3.8, 4) is 0 Å². The van der Waals surface area contributed by atoms with Gasteiger partial charge in [0.05, 0.1) is 11.7 Å². The van der Waals surface area contributed by atoms with Crippen molar-refractivity contribution in [1.29, 1.82) is 0 Å². The Kier molecular flexibility index (Phi) is 2.97. The third kappa shape index (κ3) is 2.10. The molecule has 19 heavy (non-hydrogen) atoms. The summed E-state index contributed by atoms with van der Waals surface area (Å²) in [7, 11) is 0. The number of benzene rings is 1. The van der Waals surface area contributed by atoms with E-state index < -0.39 is 5.97 Å². The van der Waals surface area contributed by atoms with Crippen molar-refractivity contribution in [2.75, 3.05) is 4.90 Å². The molecule has 4 nitrogen and oxygen atoms in total. The molecule has 1 aromatic rings. The number of hydrogen-bond acceptors (Lipinski definition) is 3. The summed E-state index contributed by atoms with van der Waals surface area (Å²) in [5.41, 5.74) is 2.48. The van der Waals surface area contributed by atoms with Gasteiger partial charge in [0.25, 0.3) is 0 Å². The predicted octanol–water partition coefficient (Wildman–Crippen LogP) is 2.19. The van der Waals surface area contributed by atoms with Crippen LogP contribution in [0.2, 0.25) is 0 Å². The number of anilines is 1. The summed E-state index contributed by atoms with van der Waals surface area (Å²) in [5, 5.41) is 18.9. The zero-order chi connectivity index (χ0) is 13.6. The molecular weight excluding hydrogens is 242 g/mol. The lowest BCUT2D eigenvalue weighted by molar-refractivity contribution is 0.0697. The number of piperidine rings is 1. The summed E-state index contributed by atoms with van der Waals surface area (Å²) in [6.07, 6.45) is 3.74. The Morgan fingerprint density at radius 2 is 1.89 bits per heavy atom. The maximum atomic E-state index is 11.0. The molecule has 2 aliphatic heterocycles. The van der Waals surface area contributed by atoms with Gasteiger partial charge in [-0.15, -0.1) is 0 Å². The summed E-state index contributed by atoms with van der Waals surface area (Å²) < 4.78 is 0. The molecule has 2 heterocycles. The van der Waals surface area contributed by atoms with Crippen molar-refractivity contribution < 1.29 is 15.0 Å². The largest absolute Gasteiger partial charge is 0.478 e. The van der Waals surface area contributed by atoms with E-state index in [-0.39, 0.29) is 6.10 Å². The van der Waals surface area contributed by atoms with Crippen LogP contribution in [0, 0.1) is 6.92 Å². The number of carboxylic acid groups (broad SMARTS) is 1. The first-order chi connectivity index (χ1) is 9.06. The number of aryl methyl sites for hydroxylation is 1. The van der Waals surface area contributed by atoms with Crippen LogP contribution in [0.5, 0.6) is 0 Å². The second-order valence-corrected chi connectivity index (χ2v) is 5.72. The number of hydrogen-bond donors (Lipinski definition) is 2. The second kappa shape index (κ2) is 4.53. The van der Waals surface area contributed by atoms with Crippen molar-refractivity contribution >= 4 is 11.7 Å². The van der Waals surface area contributed by atoms with Crippen LogP contribution < -0.4 is 4.90 Å². The lowest BCUT2D eigenvalue weighted by atomic mass is 9.97. The molecule has 102 valence electrons. The molecule has 2 N–H and O–H groups in total. The van der Waals surface area contributed by atoms with Gasteiger partial charge in [-0.1, -0.05) is 0 Å². The average Bonchev–Trinajstić information content (AvgIpc) is 2.62. The third-order valence-corrected chi connectivity index (χ3v) is 4.43. The van der Waals surface area contributed by atoms with Crippen molar-refractivity contribution in [2.24, 2.45) is 0 Å². The molecule has 0 saturated carbocycles. The number of aliphatic hydroxyl groups excluding tert-OH is 1. The van der Waals surface area contributed by atoms with Crippen LogP contribution in [-0.4, -0.2) is 34.4 Å². The van der Waals surface area contributed by atoms with Crippen LogP contribution in [0.4, 0.5) is 5.69 Å².